The van der Waals surface area contributed by atoms with Crippen LogP contribution in [-0.4, -0.2) is 33.4 Å². The highest BCUT2D eigenvalue weighted by Crippen LogP contribution is 2.36. The maximum atomic E-state index is 14.1. The van der Waals surface area contributed by atoms with Crippen molar-refractivity contribution < 1.29 is 36.0 Å². The summed E-state index contributed by atoms with van der Waals surface area (Å²) in [6.07, 6.45) is -9.53. The Kier molecular flexibility index (Phi) is 6.82. The molecular formula is C15H19F6NO2S. The molecule has 0 saturated carbocycles. The molecule has 1 aromatic carbocycles. The molecule has 3 atom stereocenters. The van der Waals surface area contributed by atoms with E-state index in [0.29, 0.717) is 6.07 Å². The molecule has 144 valence electrons. The van der Waals surface area contributed by atoms with Gasteiger partial charge in [-0.2, -0.15) is 13.2 Å². The van der Waals surface area contributed by atoms with E-state index in [1.807, 2.05) is 0 Å². The number of halogens is 6. The van der Waals surface area contributed by atoms with Crippen LogP contribution in [0.4, 0.5) is 26.3 Å². The molecule has 3 nitrogen and oxygen atoms in total. The van der Waals surface area contributed by atoms with Crippen molar-refractivity contribution in [3.63, 3.8) is 0 Å². The van der Waals surface area contributed by atoms with E-state index in [9.17, 15) is 36.0 Å². The standard InChI is InChI=1S/C15H19F6NO2S/c1-13(2,3)25(24)22-14(8-16,7-11(23)15(19,20)21)9-5-4-6-10(17)12(9)18/h4-6,11,22-23H,7-8H2,1-3H3/t11-,14+,25?/m0/s1. The van der Waals surface area contributed by atoms with Crippen LogP contribution >= 0.6 is 0 Å². The molecule has 1 rings (SSSR count). The average Bonchev–Trinajstić information content (AvgIpc) is 2.47. The Morgan fingerprint density at radius 1 is 1.20 bits per heavy atom. The van der Waals surface area contributed by atoms with E-state index in [-0.39, 0.29) is 0 Å². The van der Waals surface area contributed by atoms with Gasteiger partial charge in [0.05, 0.1) is 0 Å². The molecule has 1 unspecified atom stereocenters. The maximum Gasteiger partial charge on any atom is 0.414 e. The van der Waals surface area contributed by atoms with Gasteiger partial charge in [0, 0.05) is 23.3 Å². The molecule has 0 aromatic heterocycles. The van der Waals surface area contributed by atoms with E-state index in [2.05, 4.69) is 4.72 Å². The van der Waals surface area contributed by atoms with Crippen molar-refractivity contribution in [1.29, 1.82) is 0 Å². The SMILES string of the molecule is CC(C)(C)[S+]([O-])N[C@@](CF)(C[C@H](O)C(F)(F)F)c1cccc(F)c1F. The van der Waals surface area contributed by atoms with E-state index in [0.717, 1.165) is 12.1 Å². The van der Waals surface area contributed by atoms with Crippen LogP contribution in [0.3, 0.4) is 0 Å². The summed E-state index contributed by atoms with van der Waals surface area (Å²) in [5, 5.41) is 9.34. The first kappa shape index (κ1) is 22.1. The first-order chi connectivity index (χ1) is 11.2. The predicted octanol–water partition coefficient (Wildman–Crippen LogP) is 3.49. The molecule has 0 saturated heterocycles. The molecule has 0 radical (unpaired) electrons. The molecule has 0 heterocycles. The van der Waals surface area contributed by atoms with Crippen LogP contribution in [0.15, 0.2) is 18.2 Å². The summed E-state index contributed by atoms with van der Waals surface area (Å²) in [7, 11) is 0. The van der Waals surface area contributed by atoms with Gasteiger partial charge in [0.25, 0.3) is 0 Å². The van der Waals surface area contributed by atoms with Crippen molar-refractivity contribution in [1.82, 2.24) is 4.72 Å². The van der Waals surface area contributed by atoms with Crippen LogP contribution in [-0.2, 0) is 16.9 Å². The highest BCUT2D eigenvalue weighted by Gasteiger charge is 2.50. The predicted molar refractivity (Wildman–Crippen MR) is 81.7 cm³/mol. The average molecular weight is 391 g/mol. The highest BCUT2D eigenvalue weighted by atomic mass is 32.2. The largest absolute Gasteiger partial charge is 0.598 e. The lowest BCUT2D eigenvalue weighted by molar-refractivity contribution is -0.210. The zero-order chi connectivity index (χ0) is 19.6. The first-order valence-electron chi connectivity index (χ1n) is 7.19. The Hall–Kier alpha value is -0.970. The van der Waals surface area contributed by atoms with E-state index in [1.165, 1.54) is 20.8 Å². The van der Waals surface area contributed by atoms with Crippen LogP contribution in [0.5, 0.6) is 0 Å². The number of rotatable bonds is 6. The Labute approximate surface area is 144 Å². The van der Waals surface area contributed by atoms with Gasteiger partial charge in [0.15, 0.2) is 17.7 Å². The topological polar surface area (TPSA) is 55.3 Å². The number of aliphatic hydroxyl groups is 1. The number of nitrogens with one attached hydrogen (secondary N) is 1. The minimum Gasteiger partial charge on any atom is -0.598 e. The number of alkyl halides is 4. The second kappa shape index (κ2) is 7.73. The maximum absolute atomic E-state index is 14.1. The van der Waals surface area contributed by atoms with Crippen LogP contribution in [0.25, 0.3) is 0 Å². The second-order valence-electron chi connectivity index (χ2n) is 6.56. The lowest BCUT2D eigenvalue weighted by atomic mass is 9.86. The monoisotopic (exact) mass is 391 g/mol. The van der Waals surface area contributed by atoms with Crippen LogP contribution < -0.4 is 4.72 Å². The van der Waals surface area contributed by atoms with Gasteiger partial charge in [-0.25, -0.2) is 13.2 Å². The summed E-state index contributed by atoms with van der Waals surface area (Å²) in [6.45, 7) is 2.73. The number of aliphatic hydroxyl groups excluding tert-OH is 1. The van der Waals surface area contributed by atoms with Crippen molar-refractivity contribution in [2.45, 2.75) is 49.8 Å². The third-order valence-electron chi connectivity index (χ3n) is 3.46. The van der Waals surface area contributed by atoms with Gasteiger partial charge in [-0.15, -0.1) is 4.72 Å². The van der Waals surface area contributed by atoms with Crippen molar-refractivity contribution in [3.8, 4) is 0 Å². The van der Waals surface area contributed by atoms with E-state index < -0.39 is 64.2 Å². The molecule has 0 bridgehead atoms. The van der Waals surface area contributed by atoms with E-state index >= 15 is 0 Å². The number of benzene rings is 1. The molecule has 0 fully saturated rings. The summed E-state index contributed by atoms with van der Waals surface area (Å²) >= 11 is -2.12. The summed E-state index contributed by atoms with van der Waals surface area (Å²) in [4.78, 5) is 0. The summed E-state index contributed by atoms with van der Waals surface area (Å²) in [6, 6.07) is 2.58. The molecular weight excluding hydrogens is 372 g/mol. The number of hydrogen-bond donors (Lipinski definition) is 2. The van der Waals surface area contributed by atoms with Crippen LogP contribution in [0.2, 0.25) is 0 Å². The minimum absolute atomic E-state index is 0.711. The fourth-order valence-corrected chi connectivity index (χ4v) is 2.92. The Morgan fingerprint density at radius 2 is 1.76 bits per heavy atom. The molecule has 0 aliphatic carbocycles. The molecule has 0 aliphatic heterocycles. The third-order valence-corrected chi connectivity index (χ3v) is 5.15. The molecule has 2 N–H and O–H groups in total. The fraction of sp³-hybridized carbons (Fsp3) is 0.600. The second-order valence-corrected chi connectivity index (χ2v) is 8.53. The van der Waals surface area contributed by atoms with Crippen molar-refractivity contribution in [3.05, 3.63) is 35.4 Å². The van der Waals surface area contributed by atoms with Crippen LogP contribution in [0, 0.1) is 11.6 Å². The van der Waals surface area contributed by atoms with E-state index in [1.54, 1.807) is 0 Å². The molecule has 1 aromatic rings. The Bertz CT molecular complexity index is 568. The third kappa shape index (κ3) is 5.25. The minimum atomic E-state index is -5.12. The van der Waals surface area contributed by atoms with Gasteiger partial charge < -0.3 is 9.66 Å². The van der Waals surface area contributed by atoms with Gasteiger partial charge >= 0.3 is 6.18 Å². The van der Waals surface area contributed by atoms with Crippen molar-refractivity contribution in [2.75, 3.05) is 6.67 Å². The van der Waals surface area contributed by atoms with Crippen molar-refractivity contribution >= 4 is 11.4 Å². The number of hydrogen-bond acceptors (Lipinski definition) is 3. The normalized spacial score (nSPS) is 17.9. The molecule has 10 heteroatoms. The fourth-order valence-electron chi connectivity index (χ4n) is 2.01. The Balaban J connectivity index is 3.45. The summed E-state index contributed by atoms with van der Waals surface area (Å²) in [5.41, 5.74) is -3.31. The molecule has 0 amide bonds. The first-order valence-corrected chi connectivity index (χ1v) is 8.34. The smallest absolute Gasteiger partial charge is 0.414 e. The highest BCUT2D eigenvalue weighted by molar-refractivity contribution is 7.90. The zero-order valence-electron chi connectivity index (χ0n) is 13.8. The lowest BCUT2D eigenvalue weighted by Crippen LogP contribution is -2.55. The van der Waals surface area contributed by atoms with Gasteiger partial charge in [-0.1, -0.05) is 12.1 Å². The summed E-state index contributed by atoms with van der Waals surface area (Å²) < 4.78 is 93.1. The van der Waals surface area contributed by atoms with Gasteiger partial charge in [0.2, 0.25) is 0 Å². The van der Waals surface area contributed by atoms with Crippen molar-refractivity contribution in [2.24, 2.45) is 0 Å². The van der Waals surface area contributed by atoms with Gasteiger partial charge in [0.1, 0.15) is 17.0 Å². The van der Waals surface area contributed by atoms with Gasteiger partial charge in [-0.05, 0) is 26.8 Å². The molecule has 0 aliphatic rings. The molecule has 25 heavy (non-hydrogen) atoms. The van der Waals surface area contributed by atoms with Crippen LogP contribution in [0.1, 0.15) is 32.8 Å². The zero-order valence-corrected chi connectivity index (χ0v) is 14.6. The lowest BCUT2D eigenvalue weighted by Gasteiger charge is -2.37. The van der Waals surface area contributed by atoms with E-state index in [4.69, 9.17) is 0 Å². The Morgan fingerprint density at radius 3 is 2.20 bits per heavy atom. The quantitative estimate of drug-likeness (QED) is 0.577. The molecule has 0 spiro atoms. The van der Waals surface area contributed by atoms with Gasteiger partial charge in [-0.3, -0.25) is 0 Å². The summed E-state index contributed by atoms with van der Waals surface area (Å²) in [5.74, 6) is -2.98.